The minimum Gasteiger partial charge on any atom is -0.489 e. The quantitative estimate of drug-likeness (QED) is 0.733. The molecule has 1 amide bonds. The van der Waals surface area contributed by atoms with Crippen LogP contribution in [-0.2, 0) is 7.05 Å². The van der Waals surface area contributed by atoms with E-state index in [2.05, 4.69) is 15.3 Å². The molecule has 0 aliphatic rings. The van der Waals surface area contributed by atoms with E-state index in [1.54, 1.807) is 24.0 Å². The van der Waals surface area contributed by atoms with Crippen molar-refractivity contribution in [2.75, 3.05) is 13.2 Å². The van der Waals surface area contributed by atoms with Crippen molar-refractivity contribution in [2.24, 2.45) is 7.05 Å². The highest BCUT2D eigenvalue weighted by molar-refractivity contribution is 5.90. The van der Waals surface area contributed by atoms with Gasteiger partial charge in [-0.25, -0.2) is 9.97 Å². The average Bonchev–Trinajstić information content (AvgIpc) is 2.97. The normalized spacial score (nSPS) is 10.7. The largest absolute Gasteiger partial charge is 0.489 e. The Kier molecular flexibility index (Phi) is 4.23. The van der Waals surface area contributed by atoms with E-state index in [1.165, 1.54) is 0 Å². The van der Waals surface area contributed by atoms with Crippen LogP contribution in [0.3, 0.4) is 0 Å². The van der Waals surface area contributed by atoms with Gasteiger partial charge in [0.1, 0.15) is 17.9 Å². The van der Waals surface area contributed by atoms with E-state index in [1.807, 2.05) is 37.3 Å². The van der Waals surface area contributed by atoms with Crippen LogP contribution >= 0.6 is 0 Å². The van der Waals surface area contributed by atoms with Crippen LogP contribution in [-0.4, -0.2) is 33.6 Å². The van der Waals surface area contributed by atoms with Crippen molar-refractivity contribution in [3.63, 3.8) is 0 Å². The first-order chi connectivity index (χ1) is 11.1. The first-order valence-electron chi connectivity index (χ1n) is 7.40. The molecule has 2 heterocycles. The van der Waals surface area contributed by atoms with Gasteiger partial charge in [-0.05, 0) is 19.1 Å². The lowest BCUT2D eigenvalue weighted by atomic mass is 10.2. The van der Waals surface area contributed by atoms with Crippen molar-refractivity contribution in [3.05, 3.63) is 54.2 Å². The number of benzene rings is 1. The van der Waals surface area contributed by atoms with Crippen LogP contribution < -0.4 is 10.1 Å². The molecule has 1 N–H and O–H groups in total. The van der Waals surface area contributed by atoms with Crippen LogP contribution in [0.2, 0.25) is 0 Å². The molecule has 0 saturated carbocycles. The SMILES string of the molecule is Cc1ccc2cccc(OCCNC(=O)c3nccn3C)c2n1. The zero-order valence-corrected chi connectivity index (χ0v) is 13.1. The summed E-state index contributed by atoms with van der Waals surface area (Å²) in [6.07, 6.45) is 3.32. The first-order valence-corrected chi connectivity index (χ1v) is 7.40. The molecule has 0 bridgehead atoms. The van der Waals surface area contributed by atoms with Gasteiger partial charge in [-0.1, -0.05) is 18.2 Å². The number of hydrogen-bond donors (Lipinski definition) is 1. The van der Waals surface area contributed by atoms with E-state index in [4.69, 9.17) is 4.74 Å². The smallest absolute Gasteiger partial charge is 0.287 e. The molecule has 0 radical (unpaired) electrons. The fourth-order valence-electron chi connectivity index (χ4n) is 2.32. The summed E-state index contributed by atoms with van der Waals surface area (Å²) in [7, 11) is 1.78. The lowest BCUT2D eigenvalue weighted by Gasteiger charge is -2.10. The molecule has 0 unspecified atom stereocenters. The Morgan fingerprint density at radius 2 is 2.17 bits per heavy atom. The lowest BCUT2D eigenvalue weighted by molar-refractivity contribution is 0.0933. The van der Waals surface area contributed by atoms with Crippen LogP contribution in [0.4, 0.5) is 0 Å². The third-order valence-electron chi connectivity index (χ3n) is 3.49. The Bertz CT molecular complexity index is 841. The minimum atomic E-state index is -0.215. The van der Waals surface area contributed by atoms with Crippen LogP contribution in [0.25, 0.3) is 10.9 Å². The molecule has 6 heteroatoms. The number of para-hydroxylation sites is 1. The number of carbonyl (C=O) groups is 1. The first kappa shape index (κ1) is 15.0. The van der Waals surface area contributed by atoms with Crippen molar-refractivity contribution in [1.82, 2.24) is 19.9 Å². The van der Waals surface area contributed by atoms with Gasteiger partial charge in [0.2, 0.25) is 0 Å². The molecular formula is C17H18N4O2. The zero-order chi connectivity index (χ0) is 16.2. The second-order valence-electron chi connectivity index (χ2n) is 5.25. The number of ether oxygens (including phenoxy) is 1. The fourth-order valence-corrected chi connectivity index (χ4v) is 2.32. The van der Waals surface area contributed by atoms with E-state index in [0.717, 1.165) is 22.3 Å². The van der Waals surface area contributed by atoms with Gasteiger partial charge in [-0.2, -0.15) is 0 Å². The Morgan fingerprint density at radius 1 is 1.30 bits per heavy atom. The Labute approximate surface area is 134 Å². The summed E-state index contributed by atoms with van der Waals surface area (Å²) in [5.41, 5.74) is 1.78. The second kappa shape index (κ2) is 6.48. The molecular weight excluding hydrogens is 292 g/mol. The highest BCUT2D eigenvalue weighted by atomic mass is 16.5. The topological polar surface area (TPSA) is 69.0 Å². The number of aromatic nitrogens is 3. The molecule has 0 atom stereocenters. The van der Waals surface area contributed by atoms with Crippen molar-refractivity contribution in [1.29, 1.82) is 0 Å². The van der Waals surface area contributed by atoms with Gasteiger partial charge in [0.15, 0.2) is 5.82 Å². The van der Waals surface area contributed by atoms with Gasteiger partial charge in [0.25, 0.3) is 5.91 Å². The van der Waals surface area contributed by atoms with Gasteiger partial charge in [0.05, 0.1) is 6.54 Å². The number of carbonyl (C=O) groups excluding carboxylic acids is 1. The Morgan fingerprint density at radius 3 is 2.96 bits per heavy atom. The van der Waals surface area contributed by atoms with E-state index in [0.29, 0.717) is 19.0 Å². The maximum absolute atomic E-state index is 11.9. The van der Waals surface area contributed by atoms with E-state index >= 15 is 0 Å². The highest BCUT2D eigenvalue weighted by Crippen LogP contribution is 2.23. The monoisotopic (exact) mass is 310 g/mol. The number of nitrogens with zero attached hydrogens (tertiary/aromatic N) is 3. The van der Waals surface area contributed by atoms with Gasteiger partial charge >= 0.3 is 0 Å². The van der Waals surface area contributed by atoms with Crippen molar-refractivity contribution in [3.8, 4) is 5.75 Å². The second-order valence-corrected chi connectivity index (χ2v) is 5.25. The molecule has 0 aliphatic carbocycles. The Hall–Kier alpha value is -2.89. The molecule has 0 saturated heterocycles. The van der Waals surface area contributed by atoms with Gasteiger partial charge in [-0.15, -0.1) is 0 Å². The number of fused-ring (bicyclic) bond motifs is 1. The number of pyridine rings is 1. The van der Waals surface area contributed by atoms with E-state index in [9.17, 15) is 4.79 Å². The summed E-state index contributed by atoms with van der Waals surface area (Å²) >= 11 is 0. The minimum absolute atomic E-state index is 0.215. The van der Waals surface area contributed by atoms with E-state index in [-0.39, 0.29) is 5.91 Å². The van der Waals surface area contributed by atoms with Crippen LogP contribution in [0.1, 0.15) is 16.3 Å². The third kappa shape index (κ3) is 3.31. The molecule has 0 fully saturated rings. The number of amides is 1. The molecule has 3 rings (SSSR count). The lowest BCUT2D eigenvalue weighted by Crippen LogP contribution is -2.30. The summed E-state index contributed by atoms with van der Waals surface area (Å²) in [5, 5.41) is 3.82. The predicted octanol–water partition coefficient (Wildman–Crippen LogP) is 2.09. The molecule has 0 aliphatic heterocycles. The summed E-state index contributed by atoms with van der Waals surface area (Å²) in [4.78, 5) is 20.5. The molecule has 1 aromatic carbocycles. The molecule has 118 valence electrons. The molecule has 23 heavy (non-hydrogen) atoms. The molecule has 6 nitrogen and oxygen atoms in total. The van der Waals surface area contributed by atoms with Crippen LogP contribution in [0.5, 0.6) is 5.75 Å². The van der Waals surface area contributed by atoms with Crippen molar-refractivity contribution >= 4 is 16.8 Å². The Balaban J connectivity index is 1.60. The maximum Gasteiger partial charge on any atom is 0.287 e. The highest BCUT2D eigenvalue weighted by Gasteiger charge is 2.10. The van der Waals surface area contributed by atoms with Crippen LogP contribution in [0.15, 0.2) is 42.7 Å². The standard InChI is InChI=1S/C17H18N4O2/c1-12-6-7-13-4-3-5-14(15(13)20-12)23-11-9-19-17(22)16-18-8-10-21(16)2/h3-8,10H,9,11H2,1-2H3,(H,19,22). The number of hydrogen-bond acceptors (Lipinski definition) is 4. The summed E-state index contributed by atoms with van der Waals surface area (Å²) in [6, 6.07) is 9.81. The fraction of sp³-hybridized carbons (Fsp3) is 0.235. The van der Waals surface area contributed by atoms with Gasteiger partial charge in [-0.3, -0.25) is 4.79 Å². The number of nitrogens with one attached hydrogen (secondary N) is 1. The summed E-state index contributed by atoms with van der Waals surface area (Å²) < 4.78 is 7.44. The zero-order valence-electron chi connectivity index (χ0n) is 13.1. The van der Waals surface area contributed by atoms with Crippen molar-refractivity contribution < 1.29 is 9.53 Å². The van der Waals surface area contributed by atoms with Gasteiger partial charge in [0, 0.05) is 30.5 Å². The predicted molar refractivity (Wildman–Crippen MR) is 87.5 cm³/mol. The summed E-state index contributed by atoms with van der Waals surface area (Å²) in [5.74, 6) is 0.887. The van der Waals surface area contributed by atoms with Gasteiger partial charge < -0.3 is 14.6 Å². The molecule has 0 spiro atoms. The number of imidazole rings is 1. The number of rotatable bonds is 5. The third-order valence-corrected chi connectivity index (χ3v) is 3.49. The van der Waals surface area contributed by atoms with Crippen LogP contribution in [0, 0.1) is 6.92 Å². The molecule has 3 aromatic rings. The van der Waals surface area contributed by atoms with E-state index < -0.39 is 0 Å². The van der Waals surface area contributed by atoms with Crippen molar-refractivity contribution in [2.45, 2.75) is 6.92 Å². The summed E-state index contributed by atoms with van der Waals surface area (Å²) in [6.45, 7) is 2.71. The molecule has 2 aromatic heterocycles. The average molecular weight is 310 g/mol. The number of aryl methyl sites for hydroxylation is 2. The maximum atomic E-state index is 11.9.